The summed E-state index contributed by atoms with van der Waals surface area (Å²) in [5.74, 6) is -1.72. The summed E-state index contributed by atoms with van der Waals surface area (Å²) in [5, 5.41) is 19.4. The third-order valence-electron chi connectivity index (χ3n) is 5.55. The fourth-order valence-electron chi connectivity index (χ4n) is 3.86. The number of ether oxygens (including phenoxy) is 1. The van der Waals surface area contributed by atoms with Crippen LogP contribution in [0.3, 0.4) is 0 Å². The summed E-state index contributed by atoms with van der Waals surface area (Å²) in [6.07, 6.45) is -1.11. The van der Waals surface area contributed by atoms with Crippen LogP contribution in [-0.4, -0.2) is 43.3 Å². The minimum absolute atomic E-state index is 0.0541. The van der Waals surface area contributed by atoms with E-state index in [9.17, 15) is 27.7 Å². The number of hydrogen-bond donors (Lipinski definition) is 0. The number of hydrogen-bond acceptors (Lipinski definition) is 6. The number of nitrogens with zero attached hydrogens (tertiary/aromatic N) is 6. The summed E-state index contributed by atoms with van der Waals surface area (Å²) in [6.45, 7) is 4.04. The van der Waals surface area contributed by atoms with Crippen LogP contribution in [-0.2, 0) is 12.7 Å². The summed E-state index contributed by atoms with van der Waals surface area (Å²) in [7, 11) is 0. The number of hydrazone groups is 1. The van der Waals surface area contributed by atoms with Crippen LogP contribution in [0.4, 0.5) is 23.4 Å². The first-order valence-corrected chi connectivity index (χ1v) is 11.8. The second-order valence-corrected chi connectivity index (χ2v) is 9.07. The first-order valence-electron chi connectivity index (χ1n) is 11.0. The lowest BCUT2D eigenvalue weighted by Crippen LogP contribution is -2.17. The van der Waals surface area contributed by atoms with Crippen molar-refractivity contribution in [1.82, 2.24) is 14.8 Å². The molecule has 1 aliphatic rings. The second kappa shape index (κ2) is 10.4. The molecule has 0 radical (unpaired) electrons. The van der Waals surface area contributed by atoms with Crippen LogP contribution in [0.5, 0.6) is 5.75 Å². The summed E-state index contributed by atoms with van der Waals surface area (Å²) < 4.78 is 64.2. The second-order valence-electron chi connectivity index (χ2n) is 8.15. The van der Waals surface area contributed by atoms with Gasteiger partial charge >= 0.3 is 12.0 Å². The van der Waals surface area contributed by atoms with Crippen molar-refractivity contribution in [1.29, 1.82) is 0 Å². The molecule has 1 unspecified atom stereocenters. The lowest BCUT2D eigenvalue weighted by molar-refractivity contribution is -0.522. The Morgan fingerprint density at radius 1 is 1.30 bits per heavy atom. The molecule has 0 saturated carbocycles. The third kappa shape index (κ3) is 5.84. The van der Waals surface area contributed by atoms with Gasteiger partial charge in [0.05, 0.1) is 28.8 Å². The van der Waals surface area contributed by atoms with Crippen molar-refractivity contribution in [3.05, 3.63) is 68.2 Å². The molecule has 9 nitrogen and oxygen atoms in total. The molecule has 194 valence electrons. The lowest BCUT2D eigenvalue weighted by atomic mass is 9.99. The van der Waals surface area contributed by atoms with E-state index in [-0.39, 0.29) is 35.0 Å². The third-order valence-corrected chi connectivity index (χ3v) is 5.99. The Morgan fingerprint density at radius 3 is 2.70 bits per heavy atom. The molecule has 0 saturated heterocycles. The highest BCUT2D eigenvalue weighted by molar-refractivity contribution is 9.10. The molecule has 0 aliphatic carbocycles. The topological polar surface area (TPSA) is 98.5 Å². The van der Waals surface area contributed by atoms with E-state index >= 15 is 0 Å². The Morgan fingerprint density at radius 2 is 2.05 bits per heavy atom. The zero-order valence-electron chi connectivity index (χ0n) is 19.5. The van der Waals surface area contributed by atoms with Crippen LogP contribution in [0.25, 0.3) is 11.3 Å². The van der Waals surface area contributed by atoms with Gasteiger partial charge in [0.15, 0.2) is 24.7 Å². The molecule has 0 spiro atoms. The molecule has 0 amide bonds. The van der Waals surface area contributed by atoms with Gasteiger partial charge in [-0.15, -0.1) is 0 Å². The number of rotatable bonds is 8. The number of nitro groups is 1. The standard InChI is InChI=1S/C23H20BrF4N6O3/c1-3-32-11-14(9-30-32)12-33-19(8-21(31-33)23(26,27)28)17-5-4-16(25)7-18(17)13(2)37-20-6-15(24)10-29-22(20)34(35)36/h4-11,13-14H,3,12H2,1-2H3/q+1/t13-,14?/m1/s1. The number of pyridine rings is 1. The SMILES string of the molecule is CC[N+]1=CC(Cn2nc(C(F)(F)F)cc2-c2ccc(F)cc2[C@@H](C)Oc2cc(Br)cnc2[N+](=O)[O-])C=N1. The molecule has 37 heavy (non-hydrogen) atoms. The average Bonchev–Trinajstić information content (AvgIpc) is 3.46. The summed E-state index contributed by atoms with van der Waals surface area (Å²) >= 11 is 3.18. The van der Waals surface area contributed by atoms with Crippen molar-refractivity contribution in [3.8, 4) is 17.0 Å². The highest BCUT2D eigenvalue weighted by Gasteiger charge is 2.36. The minimum atomic E-state index is -4.71. The van der Waals surface area contributed by atoms with Crippen molar-refractivity contribution < 1.29 is 31.9 Å². The Labute approximate surface area is 216 Å². The van der Waals surface area contributed by atoms with E-state index in [1.807, 2.05) is 6.92 Å². The fraction of sp³-hybridized carbons (Fsp3) is 0.304. The number of benzene rings is 1. The van der Waals surface area contributed by atoms with Gasteiger partial charge in [-0.05, 0) is 69.1 Å². The van der Waals surface area contributed by atoms with Gasteiger partial charge < -0.3 is 14.9 Å². The van der Waals surface area contributed by atoms with Crippen molar-refractivity contribution in [2.45, 2.75) is 32.7 Å². The molecule has 3 aromatic rings. The molecular formula is C23H20BrF4N6O3+. The summed E-state index contributed by atoms with van der Waals surface area (Å²) in [5.41, 5.74) is -0.634. The highest BCUT2D eigenvalue weighted by Crippen LogP contribution is 2.38. The lowest BCUT2D eigenvalue weighted by Gasteiger charge is -2.19. The number of aromatic nitrogens is 3. The molecule has 2 aromatic heterocycles. The molecule has 3 heterocycles. The minimum Gasteiger partial charge on any atom is -0.478 e. The summed E-state index contributed by atoms with van der Waals surface area (Å²) in [4.78, 5) is 14.4. The maximum atomic E-state index is 14.3. The van der Waals surface area contributed by atoms with Gasteiger partial charge in [-0.1, -0.05) is 4.68 Å². The highest BCUT2D eigenvalue weighted by atomic mass is 79.9. The van der Waals surface area contributed by atoms with Gasteiger partial charge in [-0.3, -0.25) is 4.68 Å². The maximum Gasteiger partial charge on any atom is 0.435 e. The molecule has 0 bridgehead atoms. The van der Waals surface area contributed by atoms with E-state index < -0.39 is 34.5 Å². The molecule has 0 fully saturated rings. The predicted octanol–water partition coefficient (Wildman–Crippen LogP) is 5.63. The van der Waals surface area contributed by atoms with E-state index in [1.54, 1.807) is 17.1 Å². The monoisotopic (exact) mass is 583 g/mol. The van der Waals surface area contributed by atoms with Crippen LogP contribution in [0, 0.1) is 21.8 Å². The number of halogens is 5. The molecule has 4 rings (SSSR count). The van der Waals surface area contributed by atoms with Gasteiger partial charge in [0.1, 0.15) is 11.9 Å². The first kappa shape index (κ1) is 26.4. The Kier molecular flexibility index (Phi) is 7.39. The Hall–Kier alpha value is -3.68. The summed E-state index contributed by atoms with van der Waals surface area (Å²) in [6, 6.07) is 5.78. The smallest absolute Gasteiger partial charge is 0.435 e. The van der Waals surface area contributed by atoms with E-state index in [4.69, 9.17) is 4.74 Å². The van der Waals surface area contributed by atoms with E-state index in [1.165, 1.54) is 29.9 Å². The molecule has 1 aliphatic heterocycles. The zero-order valence-corrected chi connectivity index (χ0v) is 21.1. The van der Waals surface area contributed by atoms with Crippen molar-refractivity contribution in [2.24, 2.45) is 11.0 Å². The average molecular weight is 584 g/mol. The Balaban J connectivity index is 1.78. The van der Waals surface area contributed by atoms with Crippen LogP contribution in [0.15, 0.2) is 46.1 Å². The zero-order chi connectivity index (χ0) is 26.9. The van der Waals surface area contributed by atoms with Gasteiger partial charge in [-0.2, -0.15) is 18.3 Å². The Bertz CT molecular complexity index is 1410. The van der Waals surface area contributed by atoms with Crippen molar-refractivity contribution >= 4 is 34.2 Å². The molecule has 0 N–H and O–H groups in total. The molecular weight excluding hydrogens is 564 g/mol. The van der Waals surface area contributed by atoms with E-state index in [0.717, 1.165) is 18.2 Å². The fourth-order valence-corrected chi connectivity index (χ4v) is 4.17. The van der Waals surface area contributed by atoms with Gasteiger partial charge in [0.2, 0.25) is 5.75 Å². The van der Waals surface area contributed by atoms with Crippen LogP contribution < -0.4 is 4.74 Å². The number of alkyl halides is 3. The van der Waals surface area contributed by atoms with Gasteiger partial charge in [0.25, 0.3) is 0 Å². The van der Waals surface area contributed by atoms with Crippen LogP contribution >= 0.6 is 15.9 Å². The van der Waals surface area contributed by atoms with Crippen molar-refractivity contribution in [3.63, 3.8) is 0 Å². The van der Waals surface area contributed by atoms with Gasteiger partial charge in [0, 0.05) is 17.2 Å². The van der Waals surface area contributed by atoms with Gasteiger partial charge in [-0.25, -0.2) is 4.39 Å². The largest absolute Gasteiger partial charge is 0.478 e. The maximum absolute atomic E-state index is 14.3. The normalized spacial score (nSPS) is 16.1. The quantitative estimate of drug-likeness (QED) is 0.148. The first-order chi connectivity index (χ1) is 17.5. The van der Waals surface area contributed by atoms with Crippen LogP contribution in [0.2, 0.25) is 0 Å². The van der Waals surface area contributed by atoms with Crippen LogP contribution in [0.1, 0.15) is 31.2 Å². The predicted molar refractivity (Wildman–Crippen MR) is 129 cm³/mol. The molecule has 2 atom stereocenters. The van der Waals surface area contributed by atoms with E-state index in [2.05, 4.69) is 31.1 Å². The van der Waals surface area contributed by atoms with Crippen molar-refractivity contribution in [2.75, 3.05) is 6.54 Å². The van der Waals surface area contributed by atoms with E-state index in [0.29, 0.717) is 11.0 Å². The molecule has 14 heteroatoms. The molecule has 1 aromatic carbocycles.